The molecule has 0 saturated carbocycles. The normalized spacial score (nSPS) is 23.9. The maximum atomic E-state index is 11.4. The van der Waals surface area contributed by atoms with Gasteiger partial charge in [-0.2, -0.15) is 11.8 Å². The molecule has 2 unspecified atom stereocenters. The Balaban J connectivity index is 2.27. The van der Waals surface area contributed by atoms with Crippen LogP contribution in [0.15, 0.2) is 0 Å². The van der Waals surface area contributed by atoms with Crippen LogP contribution in [0.2, 0.25) is 0 Å². The van der Waals surface area contributed by atoms with Crippen molar-refractivity contribution in [2.24, 2.45) is 0 Å². The van der Waals surface area contributed by atoms with Crippen LogP contribution in [0.3, 0.4) is 0 Å². The Labute approximate surface area is 110 Å². The van der Waals surface area contributed by atoms with E-state index in [4.69, 9.17) is 0 Å². The first-order valence-electron chi connectivity index (χ1n) is 6.42. The molecule has 0 bridgehead atoms. The van der Waals surface area contributed by atoms with Crippen LogP contribution in [0.1, 0.15) is 40.5 Å². The maximum Gasteiger partial charge on any atom is 0.222 e. The molecule has 17 heavy (non-hydrogen) atoms. The highest BCUT2D eigenvalue weighted by molar-refractivity contribution is 8.00. The largest absolute Gasteiger partial charge is 0.344 e. The van der Waals surface area contributed by atoms with E-state index in [1.54, 1.807) is 0 Å². The van der Waals surface area contributed by atoms with Gasteiger partial charge in [-0.05, 0) is 13.3 Å². The summed E-state index contributed by atoms with van der Waals surface area (Å²) in [4.78, 5) is 13.2. The Morgan fingerprint density at radius 2 is 2.18 bits per heavy atom. The molecule has 0 radical (unpaired) electrons. The van der Waals surface area contributed by atoms with Crippen LogP contribution in [0.5, 0.6) is 0 Å². The molecule has 1 aliphatic heterocycles. The summed E-state index contributed by atoms with van der Waals surface area (Å²) in [5, 5.41) is 3.63. The molecule has 1 N–H and O–H groups in total. The van der Waals surface area contributed by atoms with Crippen LogP contribution in [-0.2, 0) is 4.79 Å². The minimum Gasteiger partial charge on any atom is -0.344 e. The number of nitrogens with zero attached hydrogens (tertiary/aromatic N) is 1. The fraction of sp³-hybridized carbons (Fsp3) is 0.923. The number of amides is 1. The number of piperidine rings is 1. The highest BCUT2D eigenvalue weighted by Crippen LogP contribution is 2.24. The zero-order chi connectivity index (χ0) is 13.1. The third-order valence-corrected chi connectivity index (χ3v) is 4.45. The minimum atomic E-state index is 0.278. The average molecular weight is 258 g/mol. The van der Waals surface area contributed by atoms with Gasteiger partial charge in [-0.25, -0.2) is 0 Å². The Bertz CT molecular complexity index is 263. The number of carbonyl (C=O) groups excluding carboxylic acids is 1. The van der Waals surface area contributed by atoms with Crippen molar-refractivity contribution < 1.29 is 4.79 Å². The van der Waals surface area contributed by atoms with Crippen molar-refractivity contribution in [2.45, 2.75) is 57.4 Å². The molecule has 0 aromatic carbocycles. The SMILES string of the molecule is CC(CSC(C)(C)C)NC1CCC(=O)N(C)C1. The van der Waals surface area contributed by atoms with Crippen LogP contribution in [0.4, 0.5) is 0 Å². The lowest BCUT2D eigenvalue weighted by Crippen LogP contribution is -2.49. The van der Waals surface area contributed by atoms with E-state index in [1.807, 2.05) is 23.7 Å². The van der Waals surface area contributed by atoms with Gasteiger partial charge in [0.05, 0.1) is 0 Å². The van der Waals surface area contributed by atoms with Crippen molar-refractivity contribution >= 4 is 17.7 Å². The summed E-state index contributed by atoms with van der Waals surface area (Å²) < 4.78 is 0.329. The van der Waals surface area contributed by atoms with Crippen LogP contribution < -0.4 is 5.32 Å². The first-order valence-corrected chi connectivity index (χ1v) is 7.40. The second kappa shape index (κ2) is 6.10. The average Bonchev–Trinajstić information content (AvgIpc) is 2.20. The molecular formula is C13H26N2OS. The van der Waals surface area contributed by atoms with E-state index in [1.165, 1.54) is 0 Å². The fourth-order valence-electron chi connectivity index (χ4n) is 1.97. The predicted molar refractivity (Wildman–Crippen MR) is 75.5 cm³/mol. The van der Waals surface area contributed by atoms with E-state index < -0.39 is 0 Å². The summed E-state index contributed by atoms with van der Waals surface area (Å²) in [6.07, 6.45) is 1.67. The van der Waals surface area contributed by atoms with Gasteiger partial charge < -0.3 is 10.2 Å². The second-order valence-electron chi connectivity index (χ2n) is 6.00. The molecule has 1 amide bonds. The molecule has 0 aliphatic carbocycles. The molecule has 0 spiro atoms. The van der Waals surface area contributed by atoms with Crippen molar-refractivity contribution in [3.8, 4) is 0 Å². The van der Waals surface area contributed by atoms with Gasteiger partial charge >= 0.3 is 0 Å². The van der Waals surface area contributed by atoms with Crippen molar-refractivity contribution in [1.29, 1.82) is 0 Å². The summed E-state index contributed by atoms with van der Waals surface area (Å²) >= 11 is 1.99. The van der Waals surface area contributed by atoms with E-state index in [0.29, 0.717) is 23.3 Å². The van der Waals surface area contributed by atoms with E-state index in [2.05, 4.69) is 33.0 Å². The van der Waals surface area contributed by atoms with Gasteiger partial charge in [0.2, 0.25) is 5.91 Å². The molecular weight excluding hydrogens is 232 g/mol. The van der Waals surface area contributed by atoms with Crippen LogP contribution >= 0.6 is 11.8 Å². The number of likely N-dealkylation sites (N-methyl/N-ethyl adjacent to an activating group) is 1. The van der Waals surface area contributed by atoms with Crippen molar-refractivity contribution in [1.82, 2.24) is 10.2 Å². The Morgan fingerprint density at radius 1 is 1.53 bits per heavy atom. The number of carbonyl (C=O) groups is 1. The van der Waals surface area contributed by atoms with Crippen molar-refractivity contribution in [3.05, 3.63) is 0 Å². The molecule has 1 aliphatic rings. The number of likely N-dealkylation sites (tertiary alicyclic amines) is 1. The number of nitrogens with one attached hydrogen (secondary N) is 1. The Hall–Kier alpha value is -0.220. The summed E-state index contributed by atoms with van der Waals surface area (Å²) in [6, 6.07) is 0.971. The van der Waals surface area contributed by atoms with Gasteiger partial charge in [0.15, 0.2) is 0 Å². The van der Waals surface area contributed by atoms with Crippen LogP contribution in [-0.4, -0.2) is 47.0 Å². The monoisotopic (exact) mass is 258 g/mol. The van der Waals surface area contributed by atoms with Gasteiger partial charge in [0.25, 0.3) is 0 Å². The summed E-state index contributed by atoms with van der Waals surface area (Å²) in [7, 11) is 1.89. The molecule has 3 nitrogen and oxygen atoms in total. The van der Waals surface area contributed by atoms with Gasteiger partial charge in [0.1, 0.15) is 0 Å². The third kappa shape index (κ3) is 5.77. The second-order valence-corrected chi connectivity index (χ2v) is 7.85. The Kier molecular flexibility index (Phi) is 5.32. The van der Waals surface area contributed by atoms with Crippen LogP contribution in [0.25, 0.3) is 0 Å². The maximum absolute atomic E-state index is 11.4. The van der Waals surface area contributed by atoms with Crippen molar-refractivity contribution in [3.63, 3.8) is 0 Å². The van der Waals surface area contributed by atoms with E-state index in [0.717, 1.165) is 18.7 Å². The van der Waals surface area contributed by atoms with E-state index in [9.17, 15) is 4.79 Å². The predicted octanol–water partition coefficient (Wildman–Crippen LogP) is 2.12. The molecule has 1 rings (SSSR count). The lowest BCUT2D eigenvalue weighted by Gasteiger charge is -2.32. The lowest BCUT2D eigenvalue weighted by molar-refractivity contribution is -0.132. The minimum absolute atomic E-state index is 0.278. The molecule has 0 aromatic rings. The molecule has 0 aromatic heterocycles. The van der Waals surface area contributed by atoms with Gasteiger partial charge in [-0.15, -0.1) is 0 Å². The molecule has 1 heterocycles. The molecule has 4 heteroatoms. The topological polar surface area (TPSA) is 32.3 Å². The van der Waals surface area contributed by atoms with Crippen LogP contribution in [0, 0.1) is 0 Å². The zero-order valence-electron chi connectivity index (χ0n) is 11.7. The standard InChI is InChI=1S/C13H26N2OS/c1-10(9-17-13(2,3)4)14-11-6-7-12(16)15(5)8-11/h10-11,14H,6-9H2,1-5H3. The van der Waals surface area contributed by atoms with Gasteiger partial charge in [0, 0.05) is 42.6 Å². The number of rotatable bonds is 4. The summed E-state index contributed by atoms with van der Waals surface area (Å²) in [6.45, 7) is 9.82. The molecule has 1 saturated heterocycles. The first-order chi connectivity index (χ1) is 7.78. The number of hydrogen-bond donors (Lipinski definition) is 1. The third-order valence-electron chi connectivity index (χ3n) is 2.91. The number of thioether (sulfide) groups is 1. The molecule has 100 valence electrons. The summed E-state index contributed by atoms with van der Waals surface area (Å²) in [5.41, 5.74) is 0. The fourth-order valence-corrected chi connectivity index (χ4v) is 2.82. The van der Waals surface area contributed by atoms with Crippen molar-refractivity contribution in [2.75, 3.05) is 19.3 Å². The smallest absolute Gasteiger partial charge is 0.222 e. The molecule has 1 fully saturated rings. The quantitative estimate of drug-likeness (QED) is 0.838. The zero-order valence-corrected chi connectivity index (χ0v) is 12.6. The van der Waals surface area contributed by atoms with E-state index >= 15 is 0 Å². The summed E-state index contributed by atoms with van der Waals surface area (Å²) in [5.74, 6) is 1.40. The van der Waals surface area contributed by atoms with E-state index in [-0.39, 0.29) is 5.91 Å². The van der Waals surface area contributed by atoms with Gasteiger partial charge in [-0.3, -0.25) is 4.79 Å². The Morgan fingerprint density at radius 3 is 2.71 bits per heavy atom. The van der Waals surface area contributed by atoms with Gasteiger partial charge in [-0.1, -0.05) is 20.8 Å². The lowest BCUT2D eigenvalue weighted by atomic mass is 10.1. The first kappa shape index (κ1) is 14.8. The highest BCUT2D eigenvalue weighted by Gasteiger charge is 2.24. The molecule has 2 atom stereocenters. The highest BCUT2D eigenvalue weighted by atomic mass is 32.2. The number of hydrogen-bond acceptors (Lipinski definition) is 3.